The third kappa shape index (κ3) is 4.07. The van der Waals surface area contributed by atoms with Gasteiger partial charge in [0.15, 0.2) is 0 Å². The Balaban J connectivity index is 2.79. The number of thioether (sulfide) groups is 1. The fourth-order valence-corrected chi connectivity index (χ4v) is 1.66. The van der Waals surface area contributed by atoms with Crippen molar-refractivity contribution in [1.82, 2.24) is 0 Å². The van der Waals surface area contributed by atoms with Crippen LogP contribution in [0.4, 0.5) is 11.4 Å². The summed E-state index contributed by atoms with van der Waals surface area (Å²) in [6.45, 7) is 1.80. The Morgan fingerprint density at radius 3 is 2.82 bits per heavy atom. The average molecular weight is 254 g/mol. The number of benzene rings is 1. The SMILES string of the molecule is CSCCC(=O)Nc1cc([N+](=O)[O-])ccc1C. The summed E-state index contributed by atoms with van der Waals surface area (Å²) in [5.41, 5.74) is 1.30. The van der Waals surface area contributed by atoms with E-state index in [1.54, 1.807) is 24.8 Å². The van der Waals surface area contributed by atoms with E-state index in [9.17, 15) is 14.9 Å². The quantitative estimate of drug-likeness (QED) is 0.647. The van der Waals surface area contributed by atoms with Gasteiger partial charge in [-0.3, -0.25) is 14.9 Å². The second-order valence-electron chi connectivity index (χ2n) is 3.55. The monoisotopic (exact) mass is 254 g/mol. The van der Waals surface area contributed by atoms with Gasteiger partial charge in [-0.15, -0.1) is 0 Å². The maximum absolute atomic E-state index is 11.5. The standard InChI is InChI=1S/C11H14N2O3S/c1-8-3-4-9(13(15)16)7-10(8)12-11(14)5-6-17-2/h3-4,7H,5-6H2,1-2H3,(H,12,14). The number of anilines is 1. The molecule has 0 fully saturated rings. The fraction of sp³-hybridized carbons (Fsp3) is 0.364. The van der Waals surface area contributed by atoms with Gasteiger partial charge in [-0.05, 0) is 18.7 Å². The summed E-state index contributed by atoms with van der Waals surface area (Å²) in [4.78, 5) is 21.6. The summed E-state index contributed by atoms with van der Waals surface area (Å²) in [5.74, 6) is 0.614. The van der Waals surface area contributed by atoms with E-state index < -0.39 is 4.92 Å². The number of amides is 1. The highest BCUT2D eigenvalue weighted by Crippen LogP contribution is 2.21. The van der Waals surface area contributed by atoms with Crippen LogP contribution in [0.25, 0.3) is 0 Å². The summed E-state index contributed by atoms with van der Waals surface area (Å²) in [5, 5.41) is 13.3. The number of nitro benzene ring substituents is 1. The van der Waals surface area contributed by atoms with Crippen LogP contribution in [0, 0.1) is 17.0 Å². The van der Waals surface area contributed by atoms with Crippen LogP contribution in [0.3, 0.4) is 0 Å². The molecule has 92 valence electrons. The first-order valence-corrected chi connectivity index (χ1v) is 6.48. The third-order valence-electron chi connectivity index (χ3n) is 2.24. The number of carbonyl (C=O) groups is 1. The molecule has 0 bridgehead atoms. The molecule has 0 atom stereocenters. The van der Waals surface area contributed by atoms with Crippen LogP contribution in [-0.4, -0.2) is 22.8 Å². The Morgan fingerprint density at radius 2 is 2.24 bits per heavy atom. The minimum absolute atomic E-state index is 0.0178. The predicted molar refractivity (Wildman–Crippen MR) is 69.5 cm³/mol. The van der Waals surface area contributed by atoms with Crippen molar-refractivity contribution >= 4 is 29.0 Å². The molecule has 0 spiro atoms. The molecule has 0 aliphatic rings. The van der Waals surface area contributed by atoms with Gasteiger partial charge in [-0.2, -0.15) is 11.8 Å². The molecule has 1 aromatic rings. The maximum atomic E-state index is 11.5. The number of nitrogens with one attached hydrogen (secondary N) is 1. The average Bonchev–Trinajstić information content (AvgIpc) is 2.29. The molecule has 0 radical (unpaired) electrons. The number of non-ortho nitro benzene ring substituents is 1. The lowest BCUT2D eigenvalue weighted by atomic mass is 10.2. The van der Waals surface area contributed by atoms with Crippen LogP contribution in [0.15, 0.2) is 18.2 Å². The zero-order valence-electron chi connectivity index (χ0n) is 9.73. The lowest BCUT2D eigenvalue weighted by Crippen LogP contribution is -2.13. The first-order valence-electron chi connectivity index (χ1n) is 5.08. The van der Waals surface area contributed by atoms with E-state index in [4.69, 9.17) is 0 Å². The predicted octanol–water partition coefficient (Wildman–Crippen LogP) is 2.59. The van der Waals surface area contributed by atoms with Crippen LogP contribution in [0.1, 0.15) is 12.0 Å². The van der Waals surface area contributed by atoms with Gasteiger partial charge >= 0.3 is 0 Å². The number of nitro groups is 1. The van der Waals surface area contributed by atoms with E-state index >= 15 is 0 Å². The van der Waals surface area contributed by atoms with Crippen molar-refractivity contribution in [3.63, 3.8) is 0 Å². The molecule has 1 amide bonds. The first kappa shape index (κ1) is 13.5. The highest BCUT2D eigenvalue weighted by atomic mass is 32.2. The third-order valence-corrected chi connectivity index (χ3v) is 2.85. The molecule has 0 aromatic heterocycles. The second-order valence-corrected chi connectivity index (χ2v) is 4.53. The lowest BCUT2D eigenvalue weighted by Gasteiger charge is -2.07. The first-order chi connectivity index (χ1) is 8.04. The number of nitrogens with zero attached hydrogens (tertiary/aromatic N) is 1. The topological polar surface area (TPSA) is 72.2 Å². The van der Waals surface area contributed by atoms with E-state index in [2.05, 4.69) is 5.32 Å². The largest absolute Gasteiger partial charge is 0.326 e. The van der Waals surface area contributed by atoms with Gasteiger partial charge in [-0.1, -0.05) is 6.07 Å². The van der Waals surface area contributed by atoms with Gasteiger partial charge in [0.25, 0.3) is 5.69 Å². The van der Waals surface area contributed by atoms with Gasteiger partial charge < -0.3 is 5.32 Å². The number of hydrogen-bond donors (Lipinski definition) is 1. The second kappa shape index (κ2) is 6.24. The van der Waals surface area contributed by atoms with Gasteiger partial charge in [0, 0.05) is 24.3 Å². The summed E-state index contributed by atoms with van der Waals surface area (Å²) in [7, 11) is 0. The van der Waals surface area contributed by atoms with E-state index in [-0.39, 0.29) is 11.6 Å². The molecule has 0 saturated heterocycles. The van der Waals surface area contributed by atoms with Crippen molar-refractivity contribution in [3.8, 4) is 0 Å². The van der Waals surface area contributed by atoms with Crippen LogP contribution < -0.4 is 5.32 Å². The highest BCUT2D eigenvalue weighted by Gasteiger charge is 2.10. The van der Waals surface area contributed by atoms with E-state index in [0.717, 1.165) is 11.3 Å². The summed E-state index contributed by atoms with van der Waals surface area (Å²) >= 11 is 1.58. The van der Waals surface area contributed by atoms with Crippen molar-refractivity contribution in [2.24, 2.45) is 0 Å². The molecular formula is C11H14N2O3S. The fourth-order valence-electron chi connectivity index (χ4n) is 1.27. The number of carbonyl (C=O) groups excluding carboxylic acids is 1. The van der Waals surface area contributed by atoms with E-state index in [1.165, 1.54) is 12.1 Å². The number of hydrogen-bond acceptors (Lipinski definition) is 4. The van der Waals surface area contributed by atoms with Gasteiger partial charge in [-0.25, -0.2) is 0 Å². The summed E-state index contributed by atoms with van der Waals surface area (Å²) in [6, 6.07) is 4.43. The molecular weight excluding hydrogens is 240 g/mol. The van der Waals surface area contributed by atoms with Crippen molar-refractivity contribution in [2.45, 2.75) is 13.3 Å². The molecule has 5 nitrogen and oxygen atoms in total. The minimum Gasteiger partial charge on any atom is -0.326 e. The molecule has 0 heterocycles. The van der Waals surface area contributed by atoms with Crippen molar-refractivity contribution in [2.75, 3.05) is 17.3 Å². The zero-order chi connectivity index (χ0) is 12.8. The molecule has 0 aliphatic carbocycles. The molecule has 0 unspecified atom stereocenters. The molecule has 0 saturated carbocycles. The van der Waals surface area contributed by atoms with Gasteiger partial charge in [0.05, 0.1) is 10.6 Å². The number of aryl methyl sites for hydroxylation is 1. The van der Waals surface area contributed by atoms with E-state index in [1.807, 2.05) is 6.26 Å². The van der Waals surface area contributed by atoms with Crippen LogP contribution in [0.5, 0.6) is 0 Å². The summed E-state index contributed by atoms with van der Waals surface area (Å²) < 4.78 is 0. The Kier molecular flexibility index (Phi) is 4.96. The Morgan fingerprint density at radius 1 is 1.53 bits per heavy atom. The minimum atomic E-state index is -0.475. The summed E-state index contributed by atoms with van der Waals surface area (Å²) in [6.07, 6.45) is 2.33. The lowest BCUT2D eigenvalue weighted by molar-refractivity contribution is -0.384. The normalized spacial score (nSPS) is 10.0. The Labute approximate surface area is 104 Å². The molecule has 17 heavy (non-hydrogen) atoms. The van der Waals surface area contributed by atoms with Gasteiger partial charge in [0.1, 0.15) is 0 Å². The maximum Gasteiger partial charge on any atom is 0.271 e. The van der Waals surface area contributed by atoms with Crippen LogP contribution in [-0.2, 0) is 4.79 Å². The van der Waals surface area contributed by atoms with Gasteiger partial charge in [0.2, 0.25) is 5.91 Å². The number of rotatable bonds is 5. The molecule has 6 heteroatoms. The molecule has 1 rings (SSSR count). The molecule has 0 aliphatic heterocycles. The Hall–Kier alpha value is -1.56. The highest BCUT2D eigenvalue weighted by molar-refractivity contribution is 7.98. The Bertz CT molecular complexity index is 435. The van der Waals surface area contributed by atoms with Crippen molar-refractivity contribution < 1.29 is 9.72 Å². The van der Waals surface area contributed by atoms with E-state index in [0.29, 0.717) is 12.1 Å². The van der Waals surface area contributed by atoms with Crippen LogP contribution in [0.2, 0.25) is 0 Å². The van der Waals surface area contributed by atoms with Crippen molar-refractivity contribution in [3.05, 3.63) is 33.9 Å². The molecule has 1 aromatic carbocycles. The smallest absolute Gasteiger partial charge is 0.271 e. The van der Waals surface area contributed by atoms with Crippen LogP contribution >= 0.6 is 11.8 Å². The van der Waals surface area contributed by atoms with Crippen molar-refractivity contribution in [1.29, 1.82) is 0 Å². The zero-order valence-corrected chi connectivity index (χ0v) is 10.5. The molecule has 1 N–H and O–H groups in total.